The lowest BCUT2D eigenvalue weighted by Crippen LogP contribution is -2.59. The molecule has 1 amide bonds. The van der Waals surface area contributed by atoms with Crippen molar-refractivity contribution in [3.8, 4) is 5.75 Å². The third-order valence-electron chi connectivity index (χ3n) is 5.62. The molecule has 3 nitrogen and oxygen atoms in total. The first-order chi connectivity index (χ1) is 10.0. The van der Waals surface area contributed by atoms with Gasteiger partial charge in [0.1, 0.15) is 11.6 Å². The Labute approximate surface area is 123 Å². The summed E-state index contributed by atoms with van der Waals surface area (Å²) >= 11 is 0. The summed E-state index contributed by atoms with van der Waals surface area (Å²) in [4.78, 5) is 12.5. The van der Waals surface area contributed by atoms with Gasteiger partial charge in [0, 0.05) is 5.54 Å². The van der Waals surface area contributed by atoms with E-state index < -0.39 is 5.82 Å². The van der Waals surface area contributed by atoms with E-state index in [0.29, 0.717) is 0 Å². The van der Waals surface area contributed by atoms with Gasteiger partial charge < -0.3 is 10.4 Å². The fourth-order valence-electron chi connectivity index (χ4n) is 5.26. The molecule has 0 aromatic heterocycles. The Hall–Kier alpha value is -1.58. The number of carbonyl (C=O) groups excluding carboxylic acids is 1. The molecule has 2 N–H and O–H groups in total. The minimum atomic E-state index is -0.497. The maximum atomic E-state index is 13.3. The van der Waals surface area contributed by atoms with Gasteiger partial charge in [-0.3, -0.25) is 4.79 Å². The average molecular weight is 289 g/mol. The van der Waals surface area contributed by atoms with Crippen molar-refractivity contribution in [2.75, 3.05) is 0 Å². The van der Waals surface area contributed by atoms with E-state index in [2.05, 4.69) is 5.32 Å². The number of phenols is 1. The van der Waals surface area contributed by atoms with E-state index in [-0.39, 0.29) is 22.8 Å². The Morgan fingerprint density at radius 2 is 1.71 bits per heavy atom. The summed E-state index contributed by atoms with van der Waals surface area (Å²) in [6.07, 6.45) is 7.05. The number of rotatable bonds is 2. The van der Waals surface area contributed by atoms with Crippen LogP contribution >= 0.6 is 0 Å². The van der Waals surface area contributed by atoms with Crippen molar-refractivity contribution in [1.82, 2.24) is 5.32 Å². The number of hydrogen-bond donors (Lipinski definition) is 2. The molecule has 4 saturated carbocycles. The summed E-state index contributed by atoms with van der Waals surface area (Å²) in [5.74, 6) is 1.21. The molecule has 0 unspecified atom stereocenters. The minimum absolute atomic E-state index is 0.0470. The van der Waals surface area contributed by atoms with Crippen molar-refractivity contribution >= 4 is 5.91 Å². The number of hydrogen-bond acceptors (Lipinski definition) is 2. The molecule has 112 valence electrons. The van der Waals surface area contributed by atoms with Gasteiger partial charge in [-0.15, -0.1) is 0 Å². The second-order valence-electron chi connectivity index (χ2n) is 7.31. The van der Waals surface area contributed by atoms with E-state index in [1.54, 1.807) is 0 Å². The van der Waals surface area contributed by atoms with Crippen LogP contribution in [0, 0.1) is 23.6 Å². The summed E-state index contributed by atoms with van der Waals surface area (Å²) in [6, 6.07) is 3.52. The summed E-state index contributed by atoms with van der Waals surface area (Å²) in [6.45, 7) is 0. The smallest absolute Gasteiger partial charge is 0.255 e. The molecule has 0 radical (unpaired) electrons. The number of aromatic hydroxyl groups is 1. The zero-order valence-electron chi connectivity index (χ0n) is 11.9. The van der Waals surface area contributed by atoms with Crippen molar-refractivity contribution in [1.29, 1.82) is 0 Å². The Morgan fingerprint density at radius 1 is 1.14 bits per heavy atom. The van der Waals surface area contributed by atoms with Gasteiger partial charge in [0.2, 0.25) is 0 Å². The highest BCUT2D eigenvalue weighted by Crippen LogP contribution is 2.55. The monoisotopic (exact) mass is 289 g/mol. The van der Waals surface area contributed by atoms with Crippen molar-refractivity contribution < 1.29 is 14.3 Å². The molecule has 1 aromatic carbocycles. The molecule has 4 bridgehead atoms. The van der Waals surface area contributed by atoms with Crippen LogP contribution in [0.15, 0.2) is 18.2 Å². The highest BCUT2D eigenvalue weighted by atomic mass is 19.1. The minimum Gasteiger partial charge on any atom is -0.507 e. The first kappa shape index (κ1) is 13.1. The predicted octanol–water partition coefficient (Wildman–Crippen LogP) is 3.23. The molecule has 5 rings (SSSR count). The number of amides is 1. The van der Waals surface area contributed by atoms with Crippen LogP contribution in [0.2, 0.25) is 0 Å². The molecule has 1 aromatic rings. The summed E-state index contributed by atoms with van der Waals surface area (Å²) in [7, 11) is 0. The van der Waals surface area contributed by atoms with E-state index in [4.69, 9.17) is 0 Å². The molecule has 4 aliphatic carbocycles. The Bertz CT molecular complexity index is 563. The van der Waals surface area contributed by atoms with Crippen molar-refractivity contribution in [3.05, 3.63) is 29.6 Å². The van der Waals surface area contributed by atoms with Gasteiger partial charge in [-0.1, -0.05) is 0 Å². The number of benzene rings is 1. The summed E-state index contributed by atoms with van der Waals surface area (Å²) < 4.78 is 13.3. The molecule has 4 fully saturated rings. The summed E-state index contributed by atoms with van der Waals surface area (Å²) in [5.41, 5.74) is -0.0735. The van der Waals surface area contributed by atoms with Gasteiger partial charge in [-0.2, -0.15) is 0 Å². The lowest BCUT2D eigenvalue weighted by Gasteiger charge is -2.56. The Balaban J connectivity index is 1.58. The van der Waals surface area contributed by atoms with Crippen LogP contribution in [0.25, 0.3) is 0 Å². The van der Waals surface area contributed by atoms with Crippen molar-refractivity contribution in [3.63, 3.8) is 0 Å². The van der Waals surface area contributed by atoms with Gasteiger partial charge in [-0.05, 0) is 74.5 Å². The maximum absolute atomic E-state index is 13.3. The Kier molecular flexibility index (Phi) is 2.78. The van der Waals surface area contributed by atoms with E-state index in [1.807, 2.05) is 0 Å². The lowest BCUT2D eigenvalue weighted by molar-refractivity contribution is -0.0167. The first-order valence-electron chi connectivity index (χ1n) is 7.84. The Morgan fingerprint density at radius 3 is 2.29 bits per heavy atom. The molecule has 21 heavy (non-hydrogen) atoms. The molecular formula is C17H20FNO2. The maximum Gasteiger partial charge on any atom is 0.255 e. The van der Waals surface area contributed by atoms with Crippen LogP contribution in [0.3, 0.4) is 0 Å². The number of phenolic OH excluding ortho intramolecular Hbond substituents is 1. The normalized spacial score (nSPS) is 36.7. The fourth-order valence-corrected chi connectivity index (χ4v) is 5.26. The van der Waals surface area contributed by atoms with Crippen LogP contribution in [-0.2, 0) is 0 Å². The molecule has 0 spiro atoms. The third kappa shape index (κ3) is 2.21. The quantitative estimate of drug-likeness (QED) is 0.878. The van der Waals surface area contributed by atoms with Gasteiger partial charge in [-0.25, -0.2) is 4.39 Å². The molecule has 0 atom stereocenters. The van der Waals surface area contributed by atoms with Crippen LogP contribution in [-0.4, -0.2) is 16.6 Å². The SMILES string of the molecule is O=C(NC12CC3CC(CC(C3)C1)C2)c1cc(F)ccc1O. The summed E-state index contributed by atoms with van der Waals surface area (Å²) in [5, 5.41) is 12.9. The van der Waals surface area contributed by atoms with Crippen LogP contribution in [0.1, 0.15) is 48.9 Å². The van der Waals surface area contributed by atoms with Crippen molar-refractivity contribution in [2.45, 2.75) is 44.1 Å². The van der Waals surface area contributed by atoms with Gasteiger partial charge in [0.25, 0.3) is 5.91 Å². The zero-order chi connectivity index (χ0) is 14.6. The van der Waals surface area contributed by atoms with Crippen molar-refractivity contribution in [2.24, 2.45) is 17.8 Å². The molecule has 0 saturated heterocycles. The van der Waals surface area contributed by atoms with E-state index in [0.717, 1.165) is 49.1 Å². The highest BCUT2D eigenvalue weighted by molar-refractivity contribution is 5.97. The fraction of sp³-hybridized carbons (Fsp3) is 0.588. The second-order valence-corrected chi connectivity index (χ2v) is 7.31. The molecule has 4 heteroatoms. The molecule has 0 heterocycles. The second kappa shape index (κ2) is 4.46. The average Bonchev–Trinajstić information content (AvgIpc) is 2.39. The lowest BCUT2D eigenvalue weighted by atomic mass is 9.53. The predicted molar refractivity (Wildman–Crippen MR) is 76.4 cm³/mol. The van der Waals surface area contributed by atoms with Crippen LogP contribution < -0.4 is 5.32 Å². The van der Waals surface area contributed by atoms with Gasteiger partial charge >= 0.3 is 0 Å². The van der Waals surface area contributed by atoms with Gasteiger partial charge in [0.15, 0.2) is 0 Å². The van der Waals surface area contributed by atoms with Gasteiger partial charge in [0.05, 0.1) is 5.56 Å². The highest BCUT2D eigenvalue weighted by Gasteiger charge is 2.51. The largest absolute Gasteiger partial charge is 0.507 e. The van der Waals surface area contributed by atoms with E-state index >= 15 is 0 Å². The third-order valence-corrected chi connectivity index (χ3v) is 5.62. The topological polar surface area (TPSA) is 49.3 Å². The van der Waals surface area contributed by atoms with E-state index in [9.17, 15) is 14.3 Å². The molecular weight excluding hydrogens is 269 g/mol. The number of nitrogens with one attached hydrogen (secondary N) is 1. The van der Waals surface area contributed by atoms with Crippen LogP contribution in [0.5, 0.6) is 5.75 Å². The molecule has 4 aliphatic rings. The standard InChI is InChI=1S/C17H20FNO2/c18-13-1-2-15(20)14(6-13)16(21)19-17-7-10-3-11(8-17)5-12(4-10)9-17/h1-2,6,10-12,20H,3-5,7-9H2,(H,19,21). The number of halogens is 1. The first-order valence-corrected chi connectivity index (χ1v) is 7.84. The van der Waals surface area contributed by atoms with Crippen LogP contribution in [0.4, 0.5) is 4.39 Å². The zero-order valence-corrected chi connectivity index (χ0v) is 11.9. The van der Waals surface area contributed by atoms with E-state index in [1.165, 1.54) is 25.3 Å². The molecule has 0 aliphatic heterocycles. The number of carbonyl (C=O) groups is 1.